The van der Waals surface area contributed by atoms with Gasteiger partial charge in [-0.25, -0.2) is 4.98 Å². The van der Waals surface area contributed by atoms with Gasteiger partial charge in [-0.15, -0.1) is 12.4 Å². The second-order valence-corrected chi connectivity index (χ2v) is 5.55. The molecule has 6 heteroatoms. The summed E-state index contributed by atoms with van der Waals surface area (Å²) >= 11 is 0. The number of halogens is 1. The van der Waals surface area contributed by atoms with E-state index >= 15 is 0 Å². The van der Waals surface area contributed by atoms with Crippen molar-refractivity contribution in [3.8, 4) is 11.5 Å². The lowest BCUT2D eigenvalue weighted by Gasteiger charge is -2.28. The van der Waals surface area contributed by atoms with E-state index in [1.54, 1.807) is 0 Å². The third kappa shape index (κ3) is 3.31. The predicted octanol–water partition coefficient (Wildman–Crippen LogP) is 2.76. The molecule has 1 aliphatic rings. The van der Waals surface area contributed by atoms with Gasteiger partial charge in [0.1, 0.15) is 6.26 Å². The molecule has 118 valence electrons. The summed E-state index contributed by atoms with van der Waals surface area (Å²) in [5.74, 6) is 0.238. The first-order valence-electron chi connectivity index (χ1n) is 7.26. The van der Waals surface area contributed by atoms with Gasteiger partial charge in [0.15, 0.2) is 5.69 Å². The largest absolute Gasteiger partial charge is 0.444 e. The summed E-state index contributed by atoms with van der Waals surface area (Å²) in [5, 5.41) is 3.04. The Morgan fingerprint density at radius 3 is 2.59 bits per heavy atom. The Balaban J connectivity index is 0.00000176. The van der Waals surface area contributed by atoms with Gasteiger partial charge in [-0.3, -0.25) is 4.79 Å². The van der Waals surface area contributed by atoms with Gasteiger partial charge < -0.3 is 15.5 Å². The number of nitrogens with zero attached hydrogens (tertiary/aromatic N) is 1. The number of nitrogens with one attached hydrogen (secondary N) is 1. The number of carbonyl (C=O) groups excluding carboxylic acids is 1. The maximum absolute atomic E-state index is 12.3. The molecule has 0 aliphatic heterocycles. The molecule has 5 nitrogen and oxygen atoms in total. The van der Waals surface area contributed by atoms with Crippen LogP contribution >= 0.6 is 12.4 Å². The minimum atomic E-state index is -0.275. The van der Waals surface area contributed by atoms with E-state index in [2.05, 4.69) is 10.3 Å². The molecule has 1 amide bonds. The number of rotatable bonds is 4. The molecule has 0 unspecified atom stereocenters. The molecule has 0 radical (unpaired) electrons. The summed E-state index contributed by atoms with van der Waals surface area (Å²) in [7, 11) is 0. The molecule has 0 atom stereocenters. The van der Waals surface area contributed by atoms with Gasteiger partial charge in [0, 0.05) is 12.1 Å². The van der Waals surface area contributed by atoms with Crippen molar-refractivity contribution in [2.24, 2.45) is 5.73 Å². The first-order chi connectivity index (χ1) is 10.2. The lowest BCUT2D eigenvalue weighted by molar-refractivity contribution is 0.0898. The molecule has 1 aromatic carbocycles. The second-order valence-electron chi connectivity index (χ2n) is 5.55. The van der Waals surface area contributed by atoms with Crippen LogP contribution in [-0.2, 0) is 0 Å². The summed E-state index contributed by atoms with van der Waals surface area (Å²) in [6.45, 7) is 0.460. The summed E-state index contributed by atoms with van der Waals surface area (Å²) in [5.41, 5.74) is 6.71. The van der Waals surface area contributed by atoms with Crippen LogP contribution in [0.2, 0.25) is 0 Å². The topological polar surface area (TPSA) is 81.1 Å². The molecule has 1 aliphatic carbocycles. The Bertz CT molecular complexity index is 621. The third-order valence-electron chi connectivity index (χ3n) is 4.09. The van der Waals surface area contributed by atoms with Crippen LogP contribution in [0.5, 0.6) is 0 Å². The molecule has 0 bridgehead atoms. The van der Waals surface area contributed by atoms with Crippen LogP contribution in [-0.4, -0.2) is 23.0 Å². The zero-order chi connectivity index (χ0) is 14.7. The van der Waals surface area contributed by atoms with Gasteiger partial charge in [-0.1, -0.05) is 31.0 Å². The van der Waals surface area contributed by atoms with Crippen molar-refractivity contribution in [3.05, 3.63) is 42.3 Å². The van der Waals surface area contributed by atoms with Gasteiger partial charge in [-0.2, -0.15) is 0 Å². The van der Waals surface area contributed by atoms with Crippen LogP contribution in [0.1, 0.15) is 36.2 Å². The highest BCUT2D eigenvalue weighted by molar-refractivity contribution is 5.93. The monoisotopic (exact) mass is 321 g/mol. The number of hydrogen-bond donors (Lipinski definition) is 2. The normalized spacial score (nSPS) is 16.0. The molecule has 1 fully saturated rings. The van der Waals surface area contributed by atoms with Crippen molar-refractivity contribution >= 4 is 18.3 Å². The van der Waals surface area contributed by atoms with E-state index in [1.807, 2.05) is 30.3 Å². The molecule has 1 aromatic heterocycles. The van der Waals surface area contributed by atoms with E-state index in [4.69, 9.17) is 10.2 Å². The first-order valence-corrected chi connectivity index (χ1v) is 7.26. The van der Waals surface area contributed by atoms with Crippen molar-refractivity contribution in [3.63, 3.8) is 0 Å². The molecular formula is C16H20ClN3O2. The van der Waals surface area contributed by atoms with E-state index in [0.717, 1.165) is 31.2 Å². The molecule has 1 saturated carbocycles. The van der Waals surface area contributed by atoms with E-state index in [-0.39, 0.29) is 23.9 Å². The van der Waals surface area contributed by atoms with Crippen LogP contribution in [0.25, 0.3) is 11.5 Å². The van der Waals surface area contributed by atoms with Crippen LogP contribution in [0, 0.1) is 0 Å². The van der Waals surface area contributed by atoms with E-state index in [0.29, 0.717) is 18.1 Å². The SMILES string of the molecule is Cl.NCC1(NC(=O)c2coc(-c3ccccc3)n2)CCCC1. The number of nitrogens with two attached hydrogens (primary N) is 1. The second kappa shape index (κ2) is 6.94. The maximum atomic E-state index is 12.3. The standard InChI is InChI=1S/C16H19N3O2.ClH/c17-11-16(8-4-5-9-16)19-14(20)13-10-21-15(18-13)12-6-2-1-3-7-12;/h1-3,6-7,10H,4-5,8-9,11,17H2,(H,19,20);1H. The lowest BCUT2D eigenvalue weighted by atomic mass is 9.98. The smallest absolute Gasteiger partial charge is 0.273 e. The Morgan fingerprint density at radius 1 is 1.27 bits per heavy atom. The van der Waals surface area contributed by atoms with Gasteiger partial charge in [0.25, 0.3) is 5.91 Å². The number of oxazole rings is 1. The summed E-state index contributed by atoms with van der Waals surface area (Å²) in [6.07, 6.45) is 5.46. The van der Waals surface area contributed by atoms with Gasteiger partial charge in [-0.05, 0) is 25.0 Å². The summed E-state index contributed by atoms with van der Waals surface area (Å²) < 4.78 is 5.40. The number of hydrogen-bond acceptors (Lipinski definition) is 4. The highest BCUT2D eigenvalue weighted by Gasteiger charge is 2.34. The van der Waals surface area contributed by atoms with Crippen molar-refractivity contribution in [1.29, 1.82) is 0 Å². The minimum absolute atomic E-state index is 0. The van der Waals surface area contributed by atoms with Crippen molar-refractivity contribution in [2.45, 2.75) is 31.2 Å². The van der Waals surface area contributed by atoms with Crippen molar-refractivity contribution in [1.82, 2.24) is 10.3 Å². The molecule has 1 heterocycles. The van der Waals surface area contributed by atoms with Gasteiger partial charge in [0.2, 0.25) is 5.89 Å². The molecule has 2 aromatic rings. The first kappa shape index (κ1) is 16.5. The van der Waals surface area contributed by atoms with Crippen LogP contribution < -0.4 is 11.1 Å². The van der Waals surface area contributed by atoms with Gasteiger partial charge in [0.05, 0.1) is 5.54 Å². The molecule has 3 N–H and O–H groups in total. The Hall–Kier alpha value is -1.85. The number of benzene rings is 1. The highest BCUT2D eigenvalue weighted by atomic mass is 35.5. The number of amides is 1. The van der Waals surface area contributed by atoms with E-state index in [1.165, 1.54) is 6.26 Å². The molecule has 0 saturated heterocycles. The summed E-state index contributed by atoms with van der Waals surface area (Å²) in [4.78, 5) is 16.6. The van der Waals surface area contributed by atoms with Crippen LogP contribution in [0.15, 0.2) is 41.0 Å². The zero-order valence-electron chi connectivity index (χ0n) is 12.2. The van der Waals surface area contributed by atoms with Gasteiger partial charge >= 0.3 is 0 Å². The fraction of sp³-hybridized carbons (Fsp3) is 0.375. The molecule has 3 rings (SSSR count). The van der Waals surface area contributed by atoms with E-state index in [9.17, 15) is 4.79 Å². The Kier molecular flexibility index (Phi) is 5.21. The maximum Gasteiger partial charge on any atom is 0.273 e. The Labute approximate surface area is 135 Å². The third-order valence-corrected chi connectivity index (χ3v) is 4.09. The van der Waals surface area contributed by atoms with E-state index < -0.39 is 0 Å². The van der Waals surface area contributed by atoms with Crippen molar-refractivity contribution < 1.29 is 9.21 Å². The quantitative estimate of drug-likeness (QED) is 0.907. The van der Waals surface area contributed by atoms with Crippen LogP contribution in [0.4, 0.5) is 0 Å². The minimum Gasteiger partial charge on any atom is -0.444 e. The number of carbonyl (C=O) groups is 1. The highest BCUT2D eigenvalue weighted by Crippen LogP contribution is 2.29. The molecule has 22 heavy (non-hydrogen) atoms. The van der Waals surface area contributed by atoms with Crippen LogP contribution in [0.3, 0.4) is 0 Å². The average Bonchev–Trinajstić information content (AvgIpc) is 3.18. The predicted molar refractivity (Wildman–Crippen MR) is 86.9 cm³/mol. The molecule has 0 spiro atoms. The zero-order valence-corrected chi connectivity index (χ0v) is 13.1. The fourth-order valence-corrected chi connectivity index (χ4v) is 2.83. The Morgan fingerprint density at radius 2 is 1.95 bits per heavy atom. The average molecular weight is 322 g/mol. The molecular weight excluding hydrogens is 302 g/mol. The number of aromatic nitrogens is 1. The lowest BCUT2D eigenvalue weighted by Crippen LogP contribution is -2.51. The van der Waals surface area contributed by atoms with Crippen molar-refractivity contribution in [2.75, 3.05) is 6.54 Å². The fourth-order valence-electron chi connectivity index (χ4n) is 2.83. The summed E-state index contributed by atoms with van der Waals surface area (Å²) in [6, 6.07) is 9.52.